The van der Waals surface area contributed by atoms with Crippen LogP contribution in [0.25, 0.3) is 0 Å². The molecule has 0 aromatic heterocycles. The number of ether oxygens (including phenoxy) is 1. The summed E-state index contributed by atoms with van der Waals surface area (Å²) < 4.78 is 5.42. The van der Waals surface area contributed by atoms with Crippen LogP contribution >= 0.6 is 0 Å². The molecule has 116 valence electrons. The number of rotatable bonds is 5. The molecule has 0 heterocycles. The van der Waals surface area contributed by atoms with Crippen molar-refractivity contribution in [3.63, 3.8) is 0 Å². The fourth-order valence-corrected chi connectivity index (χ4v) is 2.77. The standard InChI is InChI=1S/C17H26N2O2/c18-12-13-21-16-10-8-15(9-11-16)19-17(20)14-6-4-2-1-3-5-7-14/h8-11,14H,1-7,12-13,18H2,(H,19,20). The molecule has 0 unspecified atom stereocenters. The van der Waals surface area contributed by atoms with Gasteiger partial charge in [0.2, 0.25) is 5.91 Å². The third kappa shape index (κ3) is 5.38. The highest BCUT2D eigenvalue weighted by molar-refractivity contribution is 5.92. The van der Waals surface area contributed by atoms with E-state index < -0.39 is 0 Å². The Morgan fingerprint density at radius 3 is 2.33 bits per heavy atom. The fourth-order valence-electron chi connectivity index (χ4n) is 2.77. The summed E-state index contributed by atoms with van der Waals surface area (Å²) in [6, 6.07) is 7.49. The molecule has 1 aromatic rings. The number of hydrogen-bond acceptors (Lipinski definition) is 3. The van der Waals surface area contributed by atoms with Gasteiger partial charge in [-0.15, -0.1) is 0 Å². The van der Waals surface area contributed by atoms with E-state index >= 15 is 0 Å². The van der Waals surface area contributed by atoms with Crippen LogP contribution in [-0.2, 0) is 4.79 Å². The van der Waals surface area contributed by atoms with Crippen molar-refractivity contribution in [3.05, 3.63) is 24.3 Å². The first-order valence-corrected chi connectivity index (χ1v) is 8.03. The van der Waals surface area contributed by atoms with Gasteiger partial charge in [0.05, 0.1) is 0 Å². The van der Waals surface area contributed by atoms with Gasteiger partial charge in [-0.05, 0) is 37.1 Å². The van der Waals surface area contributed by atoms with E-state index in [9.17, 15) is 4.79 Å². The molecule has 3 N–H and O–H groups in total. The topological polar surface area (TPSA) is 64.3 Å². The highest BCUT2D eigenvalue weighted by Crippen LogP contribution is 2.24. The minimum Gasteiger partial charge on any atom is -0.492 e. The largest absolute Gasteiger partial charge is 0.492 e. The first-order valence-electron chi connectivity index (χ1n) is 8.03. The van der Waals surface area contributed by atoms with E-state index in [2.05, 4.69) is 5.32 Å². The van der Waals surface area contributed by atoms with Crippen molar-refractivity contribution in [3.8, 4) is 5.75 Å². The predicted octanol–water partition coefficient (Wildman–Crippen LogP) is 3.32. The molecule has 4 heteroatoms. The van der Waals surface area contributed by atoms with Gasteiger partial charge in [-0.2, -0.15) is 0 Å². The summed E-state index contributed by atoms with van der Waals surface area (Å²) in [6.07, 6.45) is 8.22. The maximum atomic E-state index is 12.3. The van der Waals surface area contributed by atoms with Gasteiger partial charge >= 0.3 is 0 Å². The monoisotopic (exact) mass is 290 g/mol. The van der Waals surface area contributed by atoms with Crippen LogP contribution in [0.1, 0.15) is 44.9 Å². The molecular formula is C17H26N2O2. The normalized spacial score (nSPS) is 16.8. The summed E-state index contributed by atoms with van der Waals surface area (Å²) in [7, 11) is 0. The molecule has 4 nitrogen and oxygen atoms in total. The Kier molecular flexibility index (Phi) is 6.54. The Bertz CT molecular complexity index is 423. The molecule has 0 aliphatic heterocycles. The second kappa shape index (κ2) is 8.67. The lowest BCUT2D eigenvalue weighted by molar-refractivity contribution is -0.120. The number of carbonyl (C=O) groups is 1. The summed E-state index contributed by atoms with van der Waals surface area (Å²) in [5.41, 5.74) is 6.23. The molecule has 21 heavy (non-hydrogen) atoms. The first kappa shape index (κ1) is 15.8. The summed E-state index contributed by atoms with van der Waals surface area (Å²) >= 11 is 0. The van der Waals surface area contributed by atoms with Gasteiger partial charge in [-0.3, -0.25) is 4.79 Å². The smallest absolute Gasteiger partial charge is 0.227 e. The van der Waals surface area contributed by atoms with Gasteiger partial charge in [-0.25, -0.2) is 0 Å². The Morgan fingerprint density at radius 1 is 1.10 bits per heavy atom. The zero-order chi connectivity index (χ0) is 14.9. The number of amides is 1. The highest BCUT2D eigenvalue weighted by atomic mass is 16.5. The number of nitrogens with one attached hydrogen (secondary N) is 1. The zero-order valence-corrected chi connectivity index (χ0v) is 12.6. The van der Waals surface area contributed by atoms with Crippen molar-refractivity contribution in [2.24, 2.45) is 11.7 Å². The van der Waals surface area contributed by atoms with E-state index in [4.69, 9.17) is 10.5 Å². The van der Waals surface area contributed by atoms with Crippen LogP contribution in [-0.4, -0.2) is 19.1 Å². The lowest BCUT2D eigenvalue weighted by atomic mass is 9.90. The van der Waals surface area contributed by atoms with E-state index in [0.717, 1.165) is 24.3 Å². The molecule has 1 aliphatic carbocycles. The maximum Gasteiger partial charge on any atom is 0.227 e. The van der Waals surface area contributed by atoms with Crippen LogP contribution in [0.4, 0.5) is 5.69 Å². The average molecular weight is 290 g/mol. The molecular weight excluding hydrogens is 264 g/mol. The van der Waals surface area contributed by atoms with E-state index in [1.165, 1.54) is 32.1 Å². The number of nitrogens with two attached hydrogens (primary N) is 1. The van der Waals surface area contributed by atoms with Crippen LogP contribution in [0.15, 0.2) is 24.3 Å². The first-order chi connectivity index (χ1) is 10.3. The van der Waals surface area contributed by atoms with Crippen LogP contribution in [0.3, 0.4) is 0 Å². The van der Waals surface area contributed by atoms with E-state index in [1.807, 2.05) is 24.3 Å². The van der Waals surface area contributed by atoms with Crippen molar-refractivity contribution in [1.82, 2.24) is 0 Å². The van der Waals surface area contributed by atoms with Crippen molar-refractivity contribution in [2.45, 2.75) is 44.9 Å². The molecule has 0 bridgehead atoms. The fraction of sp³-hybridized carbons (Fsp3) is 0.588. The van der Waals surface area contributed by atoms with Crippen molar-refractivity contribution < 1.29 is 9.53 Å². The van der Waals surface area contributed by atoms with Crippen molar-refractivity contribution in [1.29, 1.82) is 0 Å². The molecule has 2 rings (SSSR count). The quantitative estimate of drug-likeness (QED) is 0.874. The SMILES string of the molecule is NCCOc1ccc(NC(=O)C2CCCCCCC2)cc1. The number of anilines is 1. The minimum atomic E-state index is 0.160. The van der Waals surface area contributed by atoms with Crippen LogP contribution < -0.4 is 15.8 Å². The predicted molar refractivity (Wildman–Crippen MR) is 85.4 cm³/mol. The van der Waals surface area contributed by atoms with Gasteiger partial charge in [0.1, 0.15) is 12.4 Å². The molecule has 0 radical (unpaired) electrons. The van der Waals surface area contributed by atoms with Gasteiger partial charge in [0, 0.05) is 18.2 Å². The Balaban J connectivity index is 1.86. The summed E-state index contributed by atoms with van der Waals surface area (Å²) in [4.78, 5) is 12.3. The van der Waals surface area contributed by atoms with Crippen LogP contribution in [0.5, 0.6) is 5.75 Å². The lowest BCUT2D eigenvalue weighted by Crippen LogP contribution is -2.23. The Morgan fingerprint density at radius 2 is 1.71 bits per heavy atom. The average Bonchev–Trinajstić information content (AvgIpc) is 2.46. The molecule has 1 aromatic carbocycles. The third-order valence-corrected chi connectivity index (χ3v) is 3.98. The van der Waals surface area contributed by atoms with Crippen LogP contribution in [0, 0.1) is 5.92 Å². The highest BCUT2D eigenvalue weighted by Gasteiger charge is 2.19. The number of hydrogen-bond donors (Lipinski definition) is 2. The summed E-state index contributed by atoms with van der Waals surface area (Å²) in [5.74, 6) is 1.11. The molecule has 0 spiro atoms. The van der Waals surface area contributed by atoms with Gasteiger partial charge in [0.25, 0.3) is 0 Å². The molecule has 1 aliphatic rings. The summed E-state index contributed by atoms with van der Waals surface area (Å²) in [5, 5.41) is 3.02. The molecule has 1 fully saturated rings. The lowest BCUT2D eigenvalue weighted by Gasteiger charge is -2.19. The van der Waals surface area contributed by atoms with E-state index in [-0.39, 0.29) is 11.8 Å². The minimum absolute atomic E-state index is 0.160. The van der Waals surface area contributed by atoms with Gasteiger partial charge < -0.3 is 15.8 Å². The van der Waals surface area contributed by atoms with Crippen molar-refractivity contribution >= 4 is 11.6 Å². The van der Waals surface area contributed by atoms with Gasteiger partial charge in [-0.1, -0.05) is 32.1 Å². The van der Waals surface area contributed by atoms with Crippen LogP contribution in [0.2, 0.25) is 0 Å². The third-order valence-electron chi connectivity index (χ3n) is 3.98. The Labute approximate surface area is 127 Å². The molecule has 1 saturated carbocycles. The molecule has 0 saturated heterocycles. The second-order valence-corrected chi connectivity index (χ2v) is 5.69. The number of benzene rings is 1. The van der Waals surface area contributed by atoms with E-state index in [1.54, 1.807) is 0 Å². The van der Waals surface area contributed by atoms with E-state index in [0.29, 0.717) is 13.2 Å². The molecule has 1 amide bonds. The molecule has 0 atom stereocenters. The van der Waals surface area contributed by atoms with Crippen molar-refractivity contribution in [2.75, 3.05) is 18.5 Å². The summed E-state index contributed by atoms with van der Waals surface area (Å²) in [6.45, 7) is 1.01. The van der Waals surface area contributed by atoms with Gasteiger partial charge in [0.15, 0.2) is 0 Å². The Hall–Kier alpha value is -1.55. The number of carbonyl (C=O) groups excluding carboxylic acids is 1. The zero-order valence-electron chi connectivity index (χ0n) is 12.6. The maximum absolute atomic E-state index is 12.3. The second-order valence-electron chi connectivity index (χ2n) is 5.69.